The van der Waals surface area contributed by atoms with E-state index in [2.05, 4.69) is 15.5 Å². The van der Waals surface area contributed by atoms with Gasteiger partial charge in [-0.3, -0.25) is 9.36 Å². The summed E-state index contributed by atoms with van der Waals surface area (Å²) >= 11 is 1.22. The number of aromatic nitrogens is 3. The number of H-pyrrole nitrogens is 1. The van der Waals surface area contributed by atoms with Gasteiger partial charge in [-0.05, 0) is 38.0 Å². The van der Waals surface area contributed by atoms with Gasteiger partial charge < -0.3 is 14.8 Å². The molecule has 2 aromatic rings. The molecule has 0 aliphatic rings. The molecule has 2 rings (SSSR count). The molecule has 0 spiro atoms. The van der Waals surface area contributed by atoms with Crippen LogP contribution in [0.25, 0.3) is 0 Å². The van der Waals surface area contributed by atoms with Crippen LogP contribution >= 0.6 is 11.8 Å². The Morgan fingerprint density at radius 1 is 1.42 bits per heavy atom. The first-order chi connectivity index (χ1) is 12.5. The largest absolute Gasteiger partial charge is 0.495 e. The fourth-order valence-corrected chi connectivity index (χ4v) is 3.20. The van der Waals surface area contributed by atoms with Gasteiger partial charge in [0.15, 0.2) is 5.16 Å². The lowest BCUT2D eigenvalue weighted by atomic mass is 10.2. The minimum absolute atomic E-state index is 0.196. The summed E-state index contributed by atoms with van der Waals surface area (Å²) in [5.41, 5.74) is 1.33. The van der Waals surface area contributed by atoms with Gasteiger partial charge in [0.1, 0.15) is 5.75 Å². The summed E-state index contributed by atoms with van der Waals surface area (Å²) in [7, 11) is 3.17. The molecule has 0 saturated carbocycles. The molecule has 1 aromatic heterocycles. The number of benzene rings is 1. The molecule has 1 heterocycles. The van der Waals surface area contributed by atoms with Crippen molar-refractivity contribution in [2.24, 2.45) is 0 Å². The normalized spacial score (nSPS) is 12.0. The fraction of sp³-hybridized carbons (Fsp3) is 0.471. The molecule has 0 aliphatic heterocycles. The summed E-state index contributed by atoms with van der Waals surface area (Å²) in [6, 6.07) is 5.57. The molecule has 0 aliphatic carbocycles. The molecule has 0 saturated heterocycles. The van der Waals surface area contributed by atoms with Gasteiger partial charge in [0.25, 0.3) is 0 Å². The van der Waals surface area contributed by atoms with Gasteiger partial charge in [-0.15, -0.1) is 5.10 Å². The van der Waals surface area contributed by atoms with Crippen molar-refractivity contribution in [1.82, 2.24) is 14.8 Å². The second kappa shape index (κ2) is 9.44. The second-order valence-electron chi connectivity index (χ2n) is 5.76. The van der Waals surface area contributed by atoms with Gasteiger partial charge in [-0.2, -0.15) is 0 Å². The lowest BCUT2D eigenvalue weighted by Crippen LogP contribution is -2.24. The summed E-state index contributed by atoms with van der Waals surface area (Å²) in [5, 5.41) is 9.34. The molecular weight excluding hydrogens is 356 g/mol. The van der Waals surface area contributed by atoms with E-state index in [1.54, 1.807) is 21.1 Å². The number of carbonyl (C=O) groups is 1. The first-order valence-corrected chi connectivity index (χ1v) is 9.10. The highest BCUT2D eigenvalue weighted by Crippen LogP contribution is 2.27. The van der Waals surface area contributed by atoms with Gasteiger partial charge in [0.2, 0.25) is 5.91 Å². The minimum Gasteiger partial charge on any atom is -0.495 e. The van der Waals surface area contributed by atoms with Crippen LogP contribution in [0.4, 0.5) is 5.69 Å². The molecule has 0 unspecified atom stereocenters. The van der Waals surface area contributed by atoms with E-state index >= 15 is 0 Å². The highest BCUT2D eigenvalue weighted by Gasteiger charge is 2.20. The van der Waals surface area contributed by atoms with Crippen molar-refractivity contribution in [1.29, 1.82) is 0 Å². The Labute approximate surface area is 156 Å². The first-order valence-electron chi connectivity index (χ1n) is 8.22. The molecule has 26 heavy (non-hydrogen) atoms. The smallest absolute Gasteiger partial charge is 0.343 e. The van der Waals surface area contributed by atoms with Gasteiger partial charge in [0.05, 0.1) is 18.0 Å². The quantitative estimate of drug-likeness (QED) is 0.510. The van der Waals surface area contributed by atoms with Crippen LogP contribution < -0.4 is 15.7 Å². The van der Waals surface area contributed by atoms with Crippen molar-refractivity contribution < 1.29 is 14.3 Å². The van der Waals surface area contributed by atoms with E-state index in [0.29, 0.717) is 36.2 Å². The van der Waals surface area contributed by atoms with Crippen molar-refractivity contribution in [3.05, 3.63) is 34.2 Å². The lowest BCUT2D eigenvalue weighted by molar-refractivity contribution is -0.115. The van der Waals surface area contributed by atoms with E-state index in [0.717, 1.165) is 5.56 Å². The third kappa shape index (κ3) is 5.12. The van der Waals surface area contributed by atoms with Crippen molar-refractivity contribution in [2.45, 2.75) is 37.2 Å². The standard InChI is InChI=1S/C17H24N4O4S/c1-11-6-7-14(25-4)13(10-11)18-15(22)12(2)26-17-20-19-16(23)21(17)8-5-9-24-3/h6-7,10,12H,5,8-9H2,1-4H3,(H,18,22)(H,19,23)/t12-/m0/s1. The fourth-order valence-electron chi connectivity index (χ4n) is 2.32. The number of rotatable bonds is 9. The van der Waals surface area contributed by atoms with Crippen LogP contribution in [0.5, 0.6) is 5.75 Å². The Hall–Kier alpha value is -2.26. The Bertz CT molecular complexity index is 802. The number of nitrogens with one attached hydrogen (secondary N) is 2. The van der Waals surface area contributed by atoms with Gasteiger partial charge in [0, 0.05) is 20.3 Å². The van der Waals surface area contributed by atoms with E-state index in [-0.39, 0.29) is 11.6 Å². The number of methoxy groups -OCH3 is 2. The summed E-state index contributed by atoms with van der Waals surface area (Å²) < 4.78 is 11.8. The molecule has 1 aromatic carbocycles. The maximum absolute atomic E-state index is 12.5. The molecule has 9 heteroatoms. The third-order valence-corrected chi connectivity index (χ3v) is 4.81. The maximum Gasteiger partial charge on any atom is 0.343 e. The van der Waals surface area contributed by atoms with E-state index < -0.39 is 5.25 Å². The molecule has 2 N–H and O–H groups in total. The molecule has 1 atom stereocenters. The van der Waals surface area contributed by atoms with Crippen molar-refractivity contribution in [2.75, 3.05) is 26.1 Å². The van der Waals surface area contributed by atoms with Crippen molar-refractivity contribution in [3.8, 4) is 5.75 Å². The molecule has 1 amide bonds. The van der Waals surface area contributed by atoms with Crippen molar-refractivity contribution >= 4 is 23.4 Å². The molecular formula is C17H24N4O4S. The summed E-state index contributed by atoms with van der Waals surface area (Å²) in [4.78, 5) is 24.4. The summed E-state index contributed by atoms with van der Waals surface area (Å²) in [6.07, 6.45) is 0.685. The Morgan fingerprint density at radius 3 is 2.88 bits per heavy atom. The Morgan fingerprint density at radius 2 is 2.19 bits per heavy atom. The van der Waals surface area contributed by atoms with Crippen LogP contribution in [0.15, 0.2) is 28.2 Å². The molecule has 0 bridgehead atoms. The predicted octanol–water partition coefficient (Wildman–Crippen LogP) is 2.04. The predicted molar refractivity (Wildman–Crippen MR) is 101 cm³/mol. The van der Waals surface area contributed by atoms with E-state index in [4.69, 9.17) is 9.47 Å². The van der Waals surface area contributed by atoms with Gasteiger partial charge >= 0.3 is 5.69 Å². The zero-order valence-electron chi connectivity index (χ0n) is 15.4. The van der Waals surface area contributed by atoms with Gasteiger partial charge in [-0.25, -0.2) is 9.89 Å². The topological polar surface area (TPSA) is 98.2 Å². The number of anilines is 1. The Balaban J connectivity index is 2.06. The second-order valence-corrected chi connectivity index (χ2v) is 7.07. The van der Waals surface area contributed by atoms with Gasteiger partial charge in [-0.1, -0.05) is 17.8 Å². The number of carbonyl (C=O) groups excluding carboxylic acids is 1. The highest BCUT2D eigenvalue weighted by atomic mass is 32.2. The van der Waals surface area contributed by atoms with Crippen LogP contribution in [0.1, 0.15) is 18.9 Å². The van der Waals surface area contributed by atoms with Crippen LogP contribution in [0, 0.1) is 6.92 Å². The van der Waals surface area contributed by atoms with Crippen LogP contribution in [0.2, 0.25) is 0 Å². The summed E-state index contributed by atoms with van der Waals surface area (Å²) in [5.74, 6) is 0.398. The SMILES string of the molecule is COCCCn1c(S[C@@H](C)C(=O)Nc2cc(C)ccc2OC)n[nH]c1=O. The number of hydrogen-bond acceptors (Lipinski definition) is 6. The van der Waals surface area contributed by atoms with E-state index in [1.807, 2.05) is 25.1 Å². The summed E-state index contributed by atoms with van der Waals surface area (Å²) in [6.45, 7) is 4.73. The van der Waals surface area contributed by atoms with Crippen molar-refractivity contribution in [3.63, 3.8) is 0 Å². The number of ether oxygens (including phenoxy) is 2. The zero-order chi connectivity index (χ0) is 19.1. The molecule has 8 nitrogen and oxygen atoms in total. The van der Waals surface area contributed by atoms with Crippen LogP contribution in [-0.4, -0.2) is 46.7 Å². The van der Waals surface area contributed by atoms with Crippen LogP contribution in [0.3, 0.4) is 0 Å². The molecule has 142 valence electrons. The minimum atomic E-state index is -0.448. The lowest BCUT2D eigenvalue weighted by Gasteiger charge is -2.14. The zero-order valence-corrected chi connectivity index (χ0v) is 16.2. The average molecular weight is 380 g/mol. The number of thioether (sulfide) groups is 1. The van der Waals surface area contributed by atoms with E-state index in [1.165, 1.54) is 16.3 Å². The monoisotopic (exact) mass is 380 g/mol. The van der Waals surface area contributed by atoms with E-state index in [9.17, 15) is 9.59 Å². The third-order valence-electron chi connectivity index (χ3n) is 3.72. The number of nitrogens with zero attached hydrogens (tertiary/aromatic N) is 2. The number of aryl methyl sites for hydroxylation is 1. The number of amides is 1. The first kappa shape index (κ1) is 20.1. The maximum atomic E-state index is 12.5. The number of aromatic amines is 1. The average Bonchev–Trinajstić information content (AvgIpc) is 2.95. The number of hydrogen-bond donors (Lipinski definition) is 2. The van der Waals surface area contributed by atoms with Crippen LogP contribution in [-0.2, 0) is 16.1 Å². The molecule has 0 radical (unpaired) electrons. The highest BCUT2D eigenvalue weighted by molar-refractivity contribution is 8.00. The Kier molecular flexibility index (Phi) is 7.28. The molecule has 0 fully saturated rings.